The highest BCUT2D eigenvalue weighted by molar-refractivity contribution is 9.11. The van der Waals surface area contributed by atoms with E-state index in [1.54, 1.807) is 28.7 Å². The average Bonchev–Trinajstić information content (AvgIpc) is 3.08. The van der Waals surface area contributed by atoms with E-state index >= 15 is 0 Å². The lowest BCUT2D eigenvalue weighted by Gasteiger charge is -2.20. The van der Waals surface area contributed by atoms with Crippen LogP contribution in [0.5, 0.6) is 0 Å². The monoisotopic (exact) mass is 494 g/mol. The summed E-state index contributed by atoms with van der Waals surface area (Å²) in [5, 5.41) is 11.7. The van der Waals surface area contributed by atoms with Crippen LogP contribution in [0, 0.1) is 0 Å². The molecule has 0 N–H and O–H groups in total. The van der Waals surface area contributed by atoms with E-state index < -0.39 is 0 Å². The highest BCUT2D eigenvalue weighted by Crippen LogP contribution is 2.41. The number of hydrogen-bond donors (Lipinski definition) is 0. The molecule has 0 unspecified atom stereocenters. The molecule has 1 aliphatic carbocycles. The molecule has 0 aliphatic heterocycles. The van der Waals surface area contributed by atoms with Crippen LogP contribution in [0.1, 0.15) is 23.8 Å². The van der Waals surface area contributed by atoms with Crippen LogP contribution < -0.4 is 0 Å². The molecule has 1 fully saturated rings. The van der Waals surface area contributed by atoms with Gasteiger partial charge in [0, 0.05) is 17.5 Å². The summed E-state index contributed by atoms with van der Waals surface area (Å²) < 4.78 is 3.28. The molecule has 0 aromatic carbocycles. The first-order valence-electron chi connectivity index (χ1n) is 8.90. The van der Waals surface area contributed by atoms with Crippen molar-refractivity contribution in [2.45, 2.75) is 30.6 Å². The van der Waals surface area contributed by atoms with Crippen molar-refractivity contribution in [1.82, 2.24) is 19.7 Å². The van der Waals surface area contributed by atoms with Gasteiger partial charge in [0.1, 0.15) is 0 Å². The van der Waals surface area contributed by atoms with Gasteiger partial charge in [0.15, 0.2) is 11.0 Å². The largest absolute Gasteiger partial charge is 0.333 e. The Balaban J connectivity index is 1.45. The quantitative estimate of drug-likeness (QED) is 0.292. The second kappa shape index (κ2) is 8.94. The van der Waals surface area contributed by atoms with E-state index in [2.05, 4.69) is 43.3 Å². The molecule has 0 bridgehead atoms. The number of amides is 1. The summed E-state index contributed by atoms with van der Waals surface area (Å²) in [5.74, 6) is 1.34. The Morgan fingerprint density at radius 2 is 2.25 bits per heavy atom. The van der Waals surface area contributed by atoms with Crippen molar-refractivity contribution in [1.29, 1.82) is 0 Å². The number of carbonyl (C=O) groups is 1. The smallest absolute Gasteiger partial charge is 0.233 e. The molecule has 5 nitrogen and oxygen atoms in total. The van der Waals surface area contributed by atoms with Crippen molar-refractivity contribution in [2.24, 2.45) is 0 Å². The van der Waals surface area contributed by atoms with Crippen LogP contribution >= 0.6 is 50.4 Å². The van der Waals surface area contributed by atoms with Crippen LogP contribution in [0.15, 0.2) is 51.2 Å². The zero-order valence-corrected chi connectivity index (χ0v) is 19.1. The fourth-order valence-corrected chi connectivity index (χ4v) is 5.98. The van der Waals surface area contributed by atoms with Crippen LogP contribution in [0.25, 0.3) is 10.7 Å². The predicted octanol–water partition coefficient (Wildman–Crippen LogP) is 5.47. The summed E-state index contributed by atoms with van der Waals surface area (Å²) in [4.78, 5) is 16.9. The number of aromatic nitrogens is 3. The summed E-state index contributed by atoms with van der Waals surface area (Å²) in [6.07, 6.45) is 4.06. The molecule has 1 amide bonds. The van der Waals surface area contributed by atoms with E-state index in [1.165, 1.54) is 11.8 Å². The van der Waals surface area contributed by atoms with Crippen molar-refractivity contribution in [3.63, 3.8) is 0 Å². The minimum atomic E-state index is 0.0810. The maximum absolute atomic E-state index is 12.8. The van der Waals surface area contributed by atoms with Gasteiger partial charge in [0.05, 0.1) is 21.0 Å². The number of rotatable bonds is 9. The summed E-state index contributed by atoms with van der Waals surface area (Å²) in [6, 6.07) is 8.60. The second-order valence-electron chi connectivity index (χ2n) is 6.44. The number of halogens is 1. The highest BCUT2D eigenvalue weighted by Gasteiger charge is 2.30. The number of thioether (sulfide) groups is 1. The normalized spacial score (nSPS) is 13.6. The zero-order chi connectivity index (χ0) is 19.5. The second-order valence-corrected chi connectivity index (χ2v) is 10.9. The SMILES string of the molecule is C=CCN(Cc1ccc(Br)s1)C(=O)CSc1nnc(-c2cccs2)n1C1CC1. The van der Waals surface area contributed by atoms with E-state index in [1.807, 2.05) is 28.5 Å². The maximum Gasteiger partial charge on any atom is 0.233 e. The molecule has 3 heterocycles. The molecular weight excluding hydrogens is 476 g/mol. The molecule has 0 saturated heterocycles. The van der Waals surface area contributed by atoms with Gasteiger partial charge in [-0.05, 0) is 52.4 Å². The summed E-state index contributed by atoms with van der Waals surface area (Å²) in [6.45, 7) is 4.92. The van der Waals surface area contributed by atoms with Gasteiger partial charge in [0.25, 0.3) is 0 Å². The number of hydrogen-bond acceptors (Lipinski definition) is 6. The molecule has 9 heteroatoms. The Bertz CT molecular complexity index is 962. The Morgan fingerprint density at radius 3 is 2.89 bits per heavy atom. The maximum atomic E-state index is 12.8. The van der Waals surface area contributed by atoms with Gasteiger partial charge >= 0.3 is 0 Å². The van der Waals surface area contributed by atoms with Gasteiger partial charge in [-0.3, -0.25) is 9.36 Å². The first-order valence-corrected chi connectivity index (χ1v) is 12.4. The van der Waals surface area contributed by atoms with Crippen molar-refractivity contribution in [3.05, 3.63) is 51.0 Å². The van der Waals surface area contributed by atoms with Gasteiger partial charge in [-0.25, -0.2) is 0 Å². The van der Waals surface area contributed by atoms with E-state index in [-0.39, 0.29) is 5.91 Å². The molecule has 1 aliphatic rings. The number of nitrogens with zero attached hydrogens (tertiary/aromatic N) is 4. The van der Waals surface area contributed by atoms with E-state index in [9.17, 15) is 4.79 Å². The van der Waals surface area contributed by atoms with Gasteiger partial charge in [-0.15, -0.1) is 39.4 Å². The van der Waals surface area contributed by atoms with Crippen molar-refractivity contribution < 1.29 is 4.79 Å². The molecule has 3 aromatic rings. The summed E-state index contributed by atoms with van der Waals surface area (Å²) in [7, 11) is 0. The fourth-order valence-electron chi connectivity index (χ4n) is 2.86. The molecule has 146 valence electrons. The molecule has 0 radical (unpaired) electrons. The Morgan fingerprint density at radius 1 is 1.39 bits per heavy atom. The summed E-state index contributed by atoms with van der Waals surface area (Å²) in [5.41, 5.74) is 0. The lowest BCUT2D eigenvalue weighted by molar-refractivity contribution is -0.128. The van der Waals surface area contributed by atoms with Crippen molar-refractivity contribution in [3.8, 4) is 10.7 Å². The van der Waals surface area contributed by atoms with E-state index in [4.69, 9.17) is 0 Å². The third kappa shape index (κ3) is 4.59. The van der Waals surface area contributed by atoms with Gasteiger partial charge in [0.2, 0.25) is 5.91 Å². The Hall–Kier alpha value is -1.42. The van der Waals surface area contributed by atoms with Gasteiger partial charge < -0.3 is 4.90 Å². The molecule has 28 heavy (non-hydrogen) atoms. The zero-order valence-electron chi connectivity index (χ0n) is 15.1. The first-order chi connectivity index (χ1) is 13.7. The van der Waals surface area contributed by atoms with Crippen LogP contribution in [0.2, 0.25) is 0 Å². The Labute approximate surface area is 184 Å². The van der Waals surface area contributed by atoms with Gasteiger partial charge in [-0.1, -0.05) is 23.9 Å². The third-order valence-corrected chi connectivity index (χ3v) is 7.72. The fraction of sp³-hybridized carbons (Fsp3) is 0.316. The van der Waals surface area contributed by atoms with E-state index in [0.717, 1.165) is 37.4 Å². The minimum Gasteiger partial charge on any atom is -0.333 e. The number of carbonyl (C=O) groups excluding carboxylic acids is 1. The van der Waals surface area contributed by atoms with Crippen LogP contribution in [-0.4, -0.2) is 37.9 Å². The molecular formula is C19H19BrN4OS3. The van der Waals surface area contributed by atoms with Crippen LogP contribution in [-0.2, 0) is 11.3 Å². The van der Waals surface area contributed by atoms with Crippen LogP contribution in [0.4, 0.5) is 0 Å². The van der Waals surface area contributed by atoms with Crippen molar-refractivity contribution in [2.75, 3.05) is 12.3 Å². The lowest BCUT2D eigenvalue weighted by Crippen LogP contribution is -2.31. The van der Waals surface area contributed by atoms with E-state index in [0.29, 0.717) is 24.9 Å². The molecule has 3 aromatic heterocycles. The van der Waals surface area contributed by atoms with Crippen molar-refractivity contribution >= 4 is 56.3 Å². The summed E-state index contributed by atoms with van der Waals surface area (Å²) >= 11 is 8.27. The molecule has 1 saturated carbocycles. The average molecular weight is 495 g/mol. The van der Waals surface area contributed by atoms with Crippen LogP contribution in [0.3, 0.4) is 0 Å². The topological polar surface area (TPSA) is 51.0 Å². The number of thiophene rings is 2. The first kappa shape index (κ1) is 19.9. The minimum absolute atomic E-state index is 0.0810. The lowest BCUT2D eigenvalue weighted by atomic mass is 10.4. The molecule has 0 spiro atoms. The molecule has 0 atom stereocenters. The van der Waals surface area contributed by atoms with Gasteiger partial charge in [-0.2, -0.15) is 0 Å². The highest BCUT2D eigenvalue weighted by atomic mass is 79.9. The molecule has 4 rings (SSSR count). The standard InChI is InChI=1S/C19H19BrN4OS3/c1-2-9-23(11-14-7-8-16(20)28-14)17(25)12-27-19-22-21-18(15-4-3-10-26-15)24(19)13-5-6-13/h2-4,7-8,10,13H,1,5-6,9,11-12H2. The Kier molecular flexibility index (Phi) is 6.35. The third-order valence-electron chi connectivity index (χ3n) is 4.32. The predicted molar refractivity (Wildman–Crippen MR) is 120 cm³/mol.